The second-order valence-corrected chi connectivity index (χ2v) is 3.87. The van der Waals surface area contributed by atoms with Crippen molar-refractivity contribution in [2.24, 2.45) is 0 Å². The largest absolute Gasteiger partial charge is 0.368 e. The number of hydrogen-bond donors (Lipinski definition) is 2. The topological polar surface area (TPSA) is 63.8 Å². The number of nitrogens with two attached hydrogens (primary N) is 1. The van der Waals surface area contributed by atoms with Gasteiger partial charge in [-0.25, -0.2) is 4.98 Å². The van der Waals surface area contributed by atoms with Gasteiger partial charge in [-0.3, -0.25) is 0 Å². The van der Waals surface area contributed by atoms with Crippen molar-refractivity contribution >= 4 is 22.7 Å². The van der Waals surface area contributed by atoms with E-state index in [0.29, 0.717) is 12.0 Å². The normalized spacial score (nSPS) is 15.5. The minimum Gasteiger partial charge on any atom is -0.368 e. The lowest BCUT2D eigenvalue weighted by molar-refractivity contribution is 1.11. The summed E-state index contributed by atoms with van der Waals surface area (Å²) in [5, 5.41) is 4.41. The predicted octanol–water partition coefficient (Wildman–Crippen LogP) is 1.79. The van der Waals surface area contributed by atoms with Gasteiger partial charge in [0.2, 0.25) is 5.95 Å². The molecule has 0 amide bonds. The Morgan fingerprint density at radius 3 is 2.80 bits per heavy atom. The summed E-state index contributed by atoms with van der Waals surface area (Å²) in [5.41, 5.74) is 6.56. The van der Waals surface area contributed by atoms with Crippen LogP contribution in [-0.4, -0.2) is 16.0 Å². The van der Waals surface area contributed by atoms with E-state index < -0.39 is 0 Å². The first-order chi connectivity index (χ1) is 7.33. The summed E-state index contributed by atoms with van der Waals surface area (Å²) >= 11 is 0. The zero-order valence-electron chi connectivity index (χ0n) is 8.27. The smallest absolute Gasteiger partial charge is 0.222 e. The quantitative estimate of drug-likeness (QED) is 0.775. The molecular formula is C11H12N4. The molecule has 3 N–H and O–H groups in total. The molecule has 0 atom stereocenters. The summed E-state index contributed by atoms with van der Waals surface area (Å²) in [6.07, 6.45) is 2.44. The van der Waals surface area contributed by atoms with Crippen LogP contribution in [0.1, 0.15) is 12.8 Å². The molecule has 1 heterocycles. The summed E-state index contributed by atoms with van der Waals surface area (Å²) in [5.74, 6) is 1.19. The van der Waals surface area contributed by atoms with E-state index in [1.807, 2.05) is 24.3 Å². The molecule has 1 aliphatic carbocycles. The second kappa shape index (κ2) is 3.08. The molecule has 4 heteroatoms. The number of nitrogen functional groups attached to an aromatic ring is 1. The van der Waals surface area contributed by atoms with E-state index in [1.165, 1.54) is 12.8 Å². The number of rotatable bonds is 2. The van der Waals surface area contributed by atoms with Gasteiger partial charge < -0.3 is 11.1 Å². The number of para-hydroxylation sites is 1. The van der Waals surface area contributed by atoms with Crippen LogP contribution in [0.2, 0.25) is 0 Å². The van der Waals surface area contributed by atoms with Gasteiger partial charge in [-0.15, -0.1) is 0 Å². The highest BCUT2D eigenvalue weighted by molar-refractivity contribution is 5.90. The van der Waals surface area contributed by atoms with E-state index in [4.69, 9.17) is 5.73 Å². The van der Waals surface area contributed by atoms with Crippen LogP contribution in [0.5, 0.6) is 0 Å². The van der Waals surface area contributed by atoms with Gasteiger partial charge in [0.1, 0.15) is 5.82 Å². The van der Waals surface area contributed by atoms with Crippen LogP contribution in [0.3, 0.4) is 0 Å². The zero-order valence-corrected chi connectivity index (χ0v) is 8.27. The van der Waals surface area contributed by atoms with Crippen LogP contribution in [0.15, 0.2) is 24.3 Å². The maximum absolute atomic E-state index is 5.66. The number of hydrogen-bond acceptors (Lipinski definition) is 4. The first-order valence-corrected chi connectivity index (χ1v) is 5.12. The highest BCUT2D eigenvalue weighted by Gasteiger charge is 2.22. The van der Waals surface area contributed by atoms with Crippen molar-refractivity contribution in [2.75, 3.05) is 11.1 Å². The van der Waals surface area contributed by atoms with Gasteiger partial charge >= 0.3 is 0 Å². The fraction of sp³-hybridized carbons (Fsp3) is 0.273. The van der Waals surface area contributed by atoms with Crippen LogP contribution in [0.25, 0.3) is 10.9 Å². The molecule has 1 fully saturated rings. The van der Waals surface area contributed by atoms with Crippen molar-refractivity contribution < 1.29 is 0 Å². The zero-order chi connectivity index (χ0) is 10.3. The number of aromatic nitrogens is 2. The first kappa shape index (κ1) is 8.47. The summed E-state index contributed by atoms with van der Waals surface area (Å²) in [6.45, 7) is 0. The van der Waals surface area contributed by atoms with Crippen LogP contribution in [0, 0.1) is 0 Å². The SMILES string of the molecule is Nc1nc(NC2CC2)c2ccccc2n1. The monoisotopic (exact) mass is 200 g/mol. The fourth-order valence-corrected chi connectivity index (χ4v) is 1.63. The molecule has 0 saturated heterocycles. The predicted molar refractivity (Wildman–Crippen MR) is 60.6 cm³/mol. The van der Waals surface area contributed by atoms with E-state index >= 15 is 0 Å². The molecule has 1 aliphatic rings. The Bertz CT molecular complexity index is 505. The van der Waals surface area contributed by atoms with Crippen molar-refractivity contribution in [3.05, 3.63) is 24.3 Å². The van der Waals surface area contributed by atoms with Crippen molar-refractivity contribution in [2.45, 2.75) is 18.9 Å². The Morgan fingerprint density at radius 2 is 2.00 bits per heavy atom. The molecule has 0 unspecified atom stereocenters. The molecule has 0 aliphatic heterocycles. The molecule has 1 saturated carbocycles. The average Bonchev–Trinajstić information content (AvgIpc) is 3.01. The summed E-state index contributed by atoms with van der Waals surface area (Å²) in [6, 6.07) is 8.48. The van der Waals surface area contributed by atoms with E-state index in [9.17, 15) is 0 Å². The Morgan fingerprint density at radius 1 is 1.20 bits per heavy atom. The minimum absolute atomic E-state index is 0.330. The molecule has 1 aromatic carbocycles. The van der Waals surface area contributed by atoms with Gasteiger partial charge in [0.05, 0.1) is 5.52 Å². The van der Waals surface area contributed by atoms with Gasteiger partial charge in [-0.2, -0.15) is 4.98 Å². The molecule has 3 rings (SSSR count). The molecule has 76 valence electrons. The van der Waals surface area contributed by atoms with Gasteiger partial charge in [0.25, 0.3) is 0 Å². The van der Waals surface area contributed by atoms with Crippen LogP contribution >= 0.6 is 0 Å². The Balaban J connectivity index is 2.16. The number of nitrogens with one attached hydrogen (secondary N) is 1. The lowest BCUT2D eigenvalue weighted by Crippen LogP contribution is -2.06. The molecule has 0 radical (unpaired) electrons. The Hall–Kier alpha value is -1.84. The lowest BCUT2D eigenvalue weighted by Gasteiger charge is -2.07. The van der Waals surface area contributed by atoms with Gasteiger partial charge in [0, 0.05) is 11.4 Å². The van der Waals surface area contributed by atoms with E-state index in [-0.39, 0.29) is 0 Å². The highest BCUT2D eigenvalue weighted by Crippen LogP contribution is 2.28. The maximum atomic E-state index is 5.66. The highest BCUT2D eigenvalue weighted by atomic mass is 15.1. The van der Waals surface area contributed by atoms with Crippen molar-refractivity contribution in [1.82, 2.24) is 9.97 Å². The van der Waals surface area contributed by atoms with Crippen molar-refractivity contribution in [1.29, 1.82) is 0 Å². The van der Waals surface area contributed by atoms with Gasteiger partial charge in [-0.05, 0) is 25.0 Å². The maximum Gasteiger partial charge on any atom is 0.222 e. The van der Waals surface area contributed by atoms with Crippen LogP contribution in [-0.2, 0) is 0 Å². The van der Waals surface area contributed by atoms with E-state index in [1.54, 1.807) is 0 Å². The number of fused-ring (bicyclic) bond motifs is 1. The second-order valence-electron chi connectivity index (χ2n) is 3.87. The third-order valence-corrected chi connectivity index (χ3v) is 2.54. The summed E-state index contributed by atoms with van der Waals surface area (Å²) in [4.78, 5) is 8.43. The third-order valence-electron chi connectivity index (χ3n) is 2.54. The Labute approximate surface area is 87.5 Å². The van der Waals surface area contributed by atoms with Crippen molar-refractivity contribution in [3.8, 4) is 0 Å². The molecule has 1 aromatic heterocycles. The van der Waals surface area contributed by atoms with Gasteiger partial charge in [-0.1, -0.05) is 12.1 Å². The van der Waals surface area contributed by atoms with Crippen molar-refractivity contribution in [3.63, 3.8) is 0 Å². The molecular weight excluding hydrogens is 188 g/mol. The summed E-state index contributed by atoms with van der Waals surface area (Å²) < 4.78 is 0. The first-order valence-electron chi connectivity index (χ1n) is 5.12. The molecule has 4 nitrogen and oxygen atoms in total. The Kier molecular flexibility index (Phi) is 1.74. The average molecular weight is 200 g/mol. The minimum atomic E-state index is 0.330. The van der Waals surface area contributed by atoms with E-state index in [2.05, 4.69) is 15.3 Å². The summed E-state index contributed by atoms with van der Waals surface area (Å²) in [7, 11) is 0. The number of nitrogens with zero attached hydrogens (tertiary/aromatic N) is 2. The van der Waals surface area contributed by atoms with Gasteiger partial charge in [0.15, 0.2) is 0 Å². The van der Waals surface area contributed by atoms with Crippen LogP contribution < -0.4 is 11.1 Å². The van der Waals surface area contributed by atoms with E-state index in [0.717, 1.165) is 16.7 Å². The number of benzene rings is 1. The molecule has 0 spiro atoms. The molecule has 0 bridgehead atoms. The van der Waals surface area contributed by atoms with Crippen LogP contribution in [0.4, 0.5) is 11.8 Å². The molecule has 15 heavy (non-hydrogen) atoms. The third kappa shape index (κ3) is 1.58. The standard InChI is InChI=1S/C11H12N4/c12-11-14-9-4-2-1-3-8(9)10(15-11)13-7-5-6-7/h1-4,7H,5-6H2,(H3,12,13,14,15). The molecule has 2 aromatic rings. The number of anilines is 2. The lowest BCUT2D eigenvalue weighted by atomic mass is 10.2. The fourth-order valence-electron chi connectivity index (χ4n) is 1.63.